The van der Waals surface area contributed by atoms with Crippen LogP contribution in [0.1, 0.15) is 28.9 Å². The fourth-order valence-corrected chi connectivity index (χ4v) is 2.24. The fraction of sp³-hybridized carbons (Fsp3) is 0.200. The van der Waals surface area contributed by atoms with Crippen LogP contribution in [0.3, 0.4) is 0 Å². The lowest BCUT2D eigenvalue weighted by Crippen LogP contribution is -2.29. The van der Waals surface area contributed by atoms with Crippen LogP contribution in [0.15, 0.2) is 36.5 Å². The summed E-state index contributed by atoms with van der Waals surface area (Å²) in [6.07, 6.45) is 1.38. The Hall–Kier alpha value is -1.78. The maximum Gasteiger partial charge on any atom is 0.255 e. The molecule has 110 valence electrons. The van der Waals surface area contributed by atoms with Gasteiger partial charge in [-0.2, -0.15) is 0 Å². The number of rotatable bonds is 3. The predicted octanol–water partition coefficient (Wildman–Crippen LogP) is 3.93. The van der Waals surface area contributed by atoms with E-state index in [9.17, 15) is 9.90 Å². The molecule has 0 saturated carbocycles. The number of halogens is 2. The first kappa shape index (κ1) is 15.6. The quantitative estimate of drug-likeness (QED) is 0.870. The van der Waals surface area contributed by atoms with Crippen molar-refractivity contribution in [2.24, 2.45) is 0 Å². The molecule has 1 heterocycles. The summed E-state index contributed by atoms with van der Waals surface area (Å²) in [7, 11) is 1.65. The van der Waals surface area contributed by atoms with E-state index in [1.165, 1.54) is 17.2 Å². The van der Waals surface area contributed by atoms with Crippen LogP contribution in [0.4, 0.5) is 0 Å². The van der Waals surface area contributed by atoms with Crippen LogP contribution in [0.5, 0.6) is 5.75 Å². The minimum atomic E-state index is -0.298. The van der Waals surface area contributed by atoms with Crippen molar-refractivity contribution in [1.29, 1.82) is 0 Å². The molecule has 6 heteroatoms. The Morgan fingerprint density at radius 2 is 2.00 bits per heavy atom. The molecule has 0 aliphatic heterocycles. The molecule has 0 bridgehead atoms. The van der Waals surface area contributed by atoms with Gasteiger partial charge in [0.15, 0.2) is 0 Å². The second kappa shape index (κ2) is 6.33. The van der Waals surface area contributed by atoms with Gasteiger partial charge in [-0.15, -0.1) is 0 Å². The zero-order valence-electron chi connectivity index (χ0n) is 11.5. The number of para-hydroxylation sites is 1. The van der Waals surface area contributed by atoms with E-state index in [0.717, 1.165) is 0 Å². The number of pyridine rings is 1. The summed E-state index contributed by atoms with van der Waals surface area (Å²) in [4.78, 5) is 17.8. The predicted molar refractivity (Wildman–Crippen MR) is 82.9 cm³/mol. The molecule has 0 aliphatic rings. The van der Waals surface area contributed by atoms with Crippen LogP contribution in [-0.4, -0.2) is 27.9 Å². The lowest BCUT2D eigenvalue weighted by Gasteiger charge is -2.26. The van der Waals surface area contributed by atoms with Gasteiger partial charge in [0.25, 0.3) is 5.91 Å². The molecule has 1 aromatic heterocycles. The number of nitrogens with zero attached hydrogens (tertiary/aromatic N) is 2. The van der Waals surface area contributed by atoms with Gasteiger partial charge in [0.1, 0.15) is 10.9 Å². The molecule has 0 spiro atoms. The van der Waals surface area contributed by atoms with E-state index in [-0.39, 0.29) is 27.9 Å². The van der Waals surface area contributed by atoms with Crippen molar-refractivity contribution in [3.05, 3.63) is 57.8 Å². The summed E-state index contributed by atoms with van der Waals surface area (Å²) in [6, 6.07) is 8.09. The molecule has 1 N–H and O–H groups in total. The second-order valence-corrected chi connectivity index (χ2v) is 5.41. The number of aromatic nitrogens is 1. The third-order valence-electron chi connectivity index (χ3n) is 3.33. The first-order valence-corrected chi connectivity index (χ1v) is 7.03. The minimum Gasteiger partial charge on any atom is -0.508 e. The van der Waals surface area contributed by atoms with E-state index in [1.807, 2.05) is 13.0 Å². The van der Waals surface area contributed by atoms with Gasteiger partial charge >= 0.3 is 0 Å². The topological polar surface area (TPSA) is 53.4 Å². The van der Waals surface area contributed by atoms with Crippen LogP contribution < -0.4 is 0 Å². The van der Waals surface area contributed by atoms with Crippen LogP contribution in [0.25, 0.3) is 0 Å². The zero-order chi connectivity index (χ0) is 15.6. The highest BCUT2D eigenvalue weighted by molar-refractivity contribution is 6.41. The molecule has 2 aromatic rings. The first-order chi connectivity index (χ1) is 9.91. The van der Waals surface area contributed by atoms with Gasteiger partial charge in [-0.3, -0.25) is 4.79 Å². The molecular weight excluding hydrogens is 311 g/mol. The van der Waals surface area contributed by atoms with Crippen LogP contribution in [-0.2, 0) is 0 Å². The number of aromatic hydroxyl groups is 1. The molecule has 0 aliphatic carbocycles. The highest BCUT2D eigenvalue weighted by Crippen LogP contribution is 2.28. The van der Waals surface area contributed by atoms with Crippen molar-refractivity contribution < 1.29 is 9.90 Å². The Morgan fingerprint density at radius 1 is 1.33 bits per heavy atom. The molecule has 2 rings (SSSR count). The number of amides is 1. The van der Waals surface area contributed by atoms with Crippen molar-refractivity contribution >= 4 is 29.1 Å². The van der Waals surface area contributed by atoms with Crippen molar-refractivity contribution in [3.63, 3.8) is 0 Å². The third-order valence-corrected chi connectivity index (χ3v) is 4.02. The zero-order valence-corrected chi connectivity index (χ0v) is 13.1. The Morgan fingerprint density at radius 3 is 2.62 bits per heavy atom. The van der Waals surface area contributed by atoms with Crippen molar-refractivity contribution in [1.82, 2.24) is 9.88 Å². The van der Waals surface area contributed by atoms with Gasteiger partial charge in [0, 0.05) is 18.8 Å². The first-order valence-electron chi connectivity index (χ1n) is 6.28. The summed E-state index contributed by atoms with van der Waals surface area (Å²) < 4.78 is 0. The average molecular weight is 325 g/mol. The standard InChI is InChI=1S/C15H14Cl2N2O2/c1-9(11-5-3-4-6-13(11)20)19(2)15(21)10-7-12(16)14(17)18-8-10/h3-9,20H,1-2H3. The average Bonchev–Trinajstić information content (AvgIpc) is 2.48. The molecule has 4 nitrogen and oxygen atoms in total. The number of benzene rings is 1. The SMILES string of the molecule is CC(c1ccccc1O)N(C)C(=O)c1cnc(Cl)c(Cl)c1. The van der Waals surface area contributed by atoms with E-state index in [4.69, 9.17) is 23.2 Å². The van der Waals surface area contributed by atoms with E-state index in [2.05, 4.69) is 4.98 Å². The molecule has 0 radical (unpaired) electrons. The Kier molecular flexibility index (Phi) is 4.70. The van der Waals surface area contributed by atoms with Crippen molar-refractivity contribution in [3.8, 4) is 5.75 Å². The van der Waals surface area contributed by atoms with Crippen LogP contribution >= 0.6 is 23.2 Å². The number of hydrogen-bond donors (Lipinski definition) is 1. The third kappa shape index (κ3) is 3.28. The van der Waals surface area contributed by atoms with E-state index >= 15 is 0 Å². The molecule has 0 saturated heterocycles. The summed E-state index contributed by atoms with van der Waals surface area (Å²) in [5, 5.41) is 10.3. The Bertz CT molecular complexity index is 676. The van der Waals surface area contributed by atoms with Gasteiger partial charge < -0.3 is 10.0 Å². The second-order valence-electron chi connectivity index (χ2n) is 4.65. The molecule has 21 heavy (non-hydrogen) atoms. The smallest absolute Gasteiger partial charge is 0.255 e. The maximum absolute atomic E-state index is 12.4. The van der Waals surface area contributed by atoms with Gasteiger partial charge in [-0.1, -0.05) is 41.4 Å². The lowest BCUT2D eigenvalue weighted by molar-refractivity contribution is 0.0741. The largest absolute Gasteiger partial charge is 0.508 e. The number of hydrogen-bond acceptors (Lipinski definition) is 3. The summed E-state index contributed by atoms with van der Waals surface area (Å²) in [5.41, 5.74) is 1.01. The molecular formula is C15H14Cl2N2O2. The van der Waals surface area contributed by atoms with E-state index < -0.39 is 0 Å². The van der Waals surface area contributed by atoms with Gasteiger partial charge in [0.2, 0.25) is 0 Å². The van der Waals surface area contributed by atoms with Crippen molar-refractivity contribution in [2.45, 2.75) is 13.0 Å². The fourth-order valence-electron chi connectivity index (χ4n) is 1.97. The highest BCUT2D eigenvalue weighted by Gasteiger charge is 2.21. The normalized spacial score (nSPS) is 12.0. The van der Waals surface area contributed by atoms with Gasteiger partial charge in [-0.25, -0.2) is 4.98 Å². The monoisotopic (exact) mass is 324 g/mol. The number of carbonyl (C=O) groups is 1. The van der Waals surface area contributed by atoms with Crippen LogP contribution in [0, 0.1) is 0 Å². The summed E-state index contributed by atoms with van der Waals surface area (Å²) >= 11 is 11.6. The number of carbonyl (C=O) groups excluding carboxylic acids is 1. The molecule has 1 atom stereocenters. The van der Waals surface area contributed by atoms with Crippen LogP contribution in [0.2, 0.25) is 10.2 Å². The molecule has 1 amide bonds. The Balaban J connectivity index is 2.26. The molecule has 1 unspecified atom stereocenters. The summed E-state index contributed by atoms with van der Waals surface area (Å²) in [5.74, 6) is -0.103. The number of phenols is 1. The summed E-state index contributed by atoms with van der Waals surface area (Å²) in [6.45, 7) is 1.83. The Labute approximate surface area is 132 Å². The minimum absolute atomic E-state index is 0.150. The molecule has 0 fully saturated rings. The number of phenolic OH excluding ortho intramolecular Hbond substituents is 1. The van der Waals surface area contributed by atoms with Gasteiger partial charge in [0.05, 0.1) is 16.6 Å². The molecule has 1 aromatic carbocycles. The maximum atomic E-state index is 12.4. The lowest BCUT2D eigenvalue weighted by atomic mass is 10.1. The van der Waals surface area contributed by atoms with Gasteiger partial charge in [-0.05, 0) is 19.1 Å². The van der Waals surface area contributed by atoms with Crippen molar-refractivity contribution in [2.75, 3.05) is 7.05 Å². The van der Waals surface area contributed by atoms with E-state index in [1.54, 1.807) is 25.2 Å². The van der Waals surface area contributed by atoms with E-state index in [0.29, 0.717) is 11.1 Å². The highest BCUT2D eigenvalue weighted by atomic mass is 35.5.